The second kappa shape index (κ2) is 7.01. The lowest BCUT2D eigenvalue weighted by molar-refractivity contribution is 0.103. The zero-order valence-electron chi connectivity index (χ0n) is 12.0. The van der Waals surface area contributed by atoms with Crippen LogP contribution in [0.3, 0.4) is 0 Å². The summed E-state index contributed by atoms with van der Waals surface area (Å²) >= 11 is 3.54. The highest BCUT2D eigenvalue weighted by atomic mass is 79.9. The first-order valence-electron chi connectivity index (χ1n) is 7.91. The quantitative estimate of drug-likeness (QED) is 0.857. The van der Waals surface area contributed by atoms with Gasteiger partial charge in [-0.1, -0.05) is 19.3 Å². The lowest BCUT2D eigenvalue weighted by Crippen LogP contribution is -2.47. The summed E-state index contributed by atoms with van der Waals surface area (Å²) in [5.74, 6) is 0.816. The first-order chi connectivity index (χ1) is 9.84. The first kappa shape index (κ1) is 14.5. The second-order valence-electron chi connectivity index (χ2n) is 6.04. The van der Waals surface area contributed by atoms with Gasteiger partial charge in [-0.25, -0.2) is 4.98 Å². The van der Waals surface area contributed by atoms with Crippen LogP contribution in [-0.4, -0.2) is 36.1 Å². The standard InChI is InChI=1S/C16H24BrN3/c17-15-12-14(6-7-19-15)16(13-4-2-1-3-5-13)20-10-8-18-9-11-20/h6-7,12-13,16,18H,1-5,8-11H2/t16-/m0/s1. The summed E-state index contributed by atoms with van der Waals surface area (Å²) in [6.07, 6.45) is 8.93. The monoisotopic (exact) mass is 337 g/mol. The summed E-state index contributed by atoms with van der Waals surface area (Å²) in [4.78, 5) is 6.99. The van der Waals surface area contributed by atoms with E-state index in [1.165, 1.54) is 50.8 Å². The molecule has 0 radical (unpaired) electrons. The van der Waals surface area contributed by atoms with Gasteiger partial charge in [-0.05, 0) is 52.4 Å². The average molecular weight is 338 g/mol. The molecule has 1 saturated carbocycles. The van der Waals surface area contributed by atoms with E-state index in [2.05, 4.69) is 43.3 Å². The molecule has 1 N–H and O–H groups in total. The third kappa shape index (κ3) is 3.41. The SMILES string of the molecule is Brc1cc([C@H](C2CCCCC2)N2CCNCC2)ccn1. The van der Waals surface area contributed by atoms with Gasteiger partial charge in [-0.3, -0.25) is 4.90 Å². The van der Waals surface area contributed by atoms with Gasteiger partial charge in [0.25, 0.3) is 0 Å². The van der Waals surface area contributed by atoms with Crippen LogP contribution in [0.1, 0.15) is 43.7 Å². The van der Waals surface area contributed by atoms with Crippen LogP contribution in [0.2, 0.25) is 0 Å². The Balaban J connectivity index is 1.85. The molecule has 1 atom stereocenters. The molecule has 3 rings (SSSR count). The van der Waals surface area contributed by atoms with Crippen molar-refractivity contribution in [3.05, 3.63) is 28.5 Å². The maximum absolute atomic E-state index is 4.30. The van der Waals surface area contributed by atoms with Crippen LogP contribution in [-0.2, 0) is 0 Å². The Bertz CT molecular complexity index is 407. The van der Waals surface area contributed by atoms with E-state index in [-0.39, 0.29) is 0 Å². The van der Waals surface area contributed by atoms with Gasteiger partial charge >= 0.3 is 0 Å². The van der Waals surface area contributed by atoms with Crippen molar-refractivity contribution in [2.45, 2.75) is 38.1 Å². The van der Waals surface area contributed by atoms with Gasteiger partial charge < -0.3 is 5.32 Å². The molecule has 110 valence electrons. The van der Waals surface area contributed by atoms with Gasteiger partial charge in [0.1, 0.15) is 4.60 Å². The molecule has 0 spiro atoms. The van der Waals surface area contributed by atoms with Crippen molar-refractivity contribution in [2.75, 3.05) is 26.2 Å². The Morgan fingerprint density at radius 3 is 2.65 bits per heavy atom. The van der Waals surface area contributed by atoms with Crippen molar-refractivity contribution < 1.29 is 0 Å². The molecule has 2 heterocycles. The van der Waals surface area contributed by atoms with Gasteiger partial charge in [-0.15, -0.1) is 0 Å². The van der Waals surface area contributed by atoms with E-state index >= 15 is 0 Å². The highest BCUT2D eigenvalue weighted by Gasteiger charge is 2.30. The summed E-state index contributed by atoms with van der Waals surface area (Å²) in [7, 11) is 0. The molecular weight excluding hydrogens is 314 g/mol. The number of aromatic nitrogens is 1. The van der Waals surface area contributed by atoms with Gasteiger partial charge in [0, 0.05) is 38.4 Å². The normalized spacial score (nSPS) is 23.6. The minimum atomic E-state index is 0.580. The lowest BCUT2D eigenvalue weighted by Gasteiger charge is -2.41. The maximum Gasteiger partial charge on any atom is 0.106 e. The number of hydrogen-bond acceptors (Lipinski definition) is 3. The van der Waals surface area contributed by atoms with Crippen LogP contribution in [0, 0.1) is 5.92 Å². The van der Waals surface area contributed by atoms with Crippen LogP contribution in [0.5, 0.6) is 0 Å². The number of pyridine rings is 1. The molecule has 4 heteroatoms. The van der Waals surface area contributed by atoms with Crippen LogP contribution in [0.25, 0.3) is 0 Å². The molecule has 1 aliphatic carbocycles. The van der Waals surface area contributed by atoms with Crippen LogP contribution >= 0.6 is 15.9 Å². The molecule has 0 amide bonds. The van der Waals surface area contributed by atoms with Crippen LogP contribution in [0.15, 0.2) is 22.9 Å². The van der Waals surface area contributed by atoms with Crippen molar-refractivity contribution in [3.63, 3.8) is 0 Å². The number of hydrogen-bond donors (Lipinski definition) is 1. The number of piperazine rings is 1. The number of halogens is 1. The van der Waals surface area contributed by atoms with E-state index in [1.54, 1.807) is 0 Å². The van der Waals surface area contributed by atoms with E-state index < -0.39 is 0 Å². The molecule has 3 nitrogen and oxygen atoms in total. The van der Waals surface area contributed by atoms with Gasteiger partial charge in [0.2, 0.25) is 0 Å². The number of rotatable bonds is 3. The molecule has 0 unspecified atom stereocenters. The maximum atomic E-state index is 4.30. The second-order valence-corrected chi connectivity index (χ2v) is 6.85. The highest BCUT2D eigenvalue weighted by Crippen LogP contribution is 2.38. The average Bonchev–Trinajstić information content (AvgIpc) is 2.50. The molecule has 1 aliphatic heterocycles. The molecule has 2 fully saturated rings. The largest absolute Gasteiger partial charge is 0.314 e. The molecule has 0 aromatic carbocycles. The van der Waals surface area contributed by atoms with Crippen molar-refractivity contribution in [1.82, 2.24) is 15.2 Å². The molecule has 1 aromatic heterocycles. The Hall–Kier alpha value is -0.450. The van der Waals surface area contributed by atoms with Crippen molar-refractivity contribution in [1.29, 1.82) is 0 Å². The van der Waals surface area contributed by atoms with E-state index in [1.807, 2.05) is 6.20 Å². The van der Waals surface area contributed by atoms with Crippen LogP contribution < -0.4 is 5.32 Å². The van der Waals surface area contributed by atoms with Gasteiger partial charge in [-0.2, -0.15) is 0 Å². The van der Waals surface area contributed by atoms with E-state index in [4.69, 9.17) is 0 Å². The Morgan fingerprint density at radius 1 is 1.20 bits per heavy atom. The fourth-order valence-electron chi connectivity index (χ4n) is 3.79. The minimum Gasteiger partial charge on any atom is -0.314 e. The highest BCUT2D eigenvalue weighted by molar-refractivity contribution is 9.10. The van der Waals surface area contributed by atoms with E-state index in [0.717, 1.165) is 23.6 Å². The van der Waals surface area contributed by atoms with Crippen molar-refractivity contribution in [2.24, 2.45) is 5.92 Å². The number of nitrogens with zero attached hydrogens (tertiary/aromatic N) is 2. The third-order valence-electron chi connectivity index (χ3n) is 4.73. The molecule has 1 aromatic rings. The zero-order valence-corrected chi connectivity index (χ0v) is 13.6. The van der Waals surface area contributed by atoms with E-state index in [9.17, 15) is 0 Å². The molecular formula is C16H24BrN3. The summed E-state index contributed by atoms with van der Waals surface area (Å²) in [6, 6.07) is 5.02. The minimum absolute atomic E-state index is 0.580. The summed E-state index contributed by atoms with van der Waals surface area (Å²) < 4.78 is 0.964. The number of nitrogens with one attached hydrogen (secondary N) is 1. The summed E-state index contributed by atoms with van der Waals surface area (Å²) in [6.45, 7) is 4.58. The Kier molecular flexibility index (Phi) is 5.08. The lowest BCUT2D eigenvalue weighted by atomic mass is 9.80. The predicted octanol–water partition coefficient (Wildman–Crippen LogP) is 3.37. The van der Waals surface area contributed by atoms with Gasteiger partial charge in [0.15, 0.2) is 0 Å². The van der Waals surface area contributed by atoms with E-state index in [0.29, 0.717) is 6.04 Å². The smallest absolute Gasteiger partial charge is 0.106 e. The Morgan fingerprint density at radius 2 is 1.95 bits per heavy atom. The van der Waals surface area contributed by atoms with Crippen molar-refractivity contribution in [3.8, 4) is 0 Å². The predicted molar refractivity (Wildman–Crippen MR) is 85.7 cm³/mol. The third-order valence-corrected chi connectivity index (χ3v) is 5.17. The van der Waals surface area contributed by atoms with Gasteiger partial charge in [0.05, 0.1) is 0 Å². The fraction of sp³-hybridized carbons (Fsp3) is 0.688. The molecule has 1 saturated heterocycles. The van der Waals surface area contributed by atoms with Crippen LogP contribution in [0.4, 0.5) is 0 Å². The Labute approximate surface area is 130 Å². The summed E-state index contributed by atoms with van der Waals surface area (Å²) in [5.41, 5.74) is 1.45. The molecule has 0 bridgehead atoms. The first-order valence-corrected chi connectivity index (χ1v) is 8.70. The topological polar surface area (TPSA) is 28.2 Å². The van der Waals surface area contributed by atoms with Crippen molar-refractivity contribution >= 4 is 15.9 Å². The zero-order chi connectivity index (χ0) is 13.8. The molecule has 20 heavy (non-hydrogen) atoms. The molecule has 2 aliphatic rings. The summed E-state index contributed by atoms with van der Waals surface area (Å²) in [5, 5.41) is 3.47. The fourth-order valence-corrected chi connectivity index (χ4v) is 4.18.